The number of hydrogen-bond donors (Lipinski definition) is 1. The van der Waals surface area contributed by atoms with Crippen molar-refractivity contribution in [3.05, 3.63) is 12.3 Å². The van der Waals surface area contributed by atoms with Crippen LogP contribution in [-0.4, -0.2) is 11.3 Å². The van der Waals surface area contributed by atoms with Crippen LogP contribution in [-0.2, 0) is 0 Å². The molecule has 0 saturated heterocycles. The highest BCUT2D eigenvalue weighted by molar-refractivity contribution is 5.78. The molecule has 0 bridgehead atoms. The maximum atomic E-state index is 3.88. The molecule has 0 aromatic carbocycles. The molecular weight excluding hydrogens is 102 g/mol. The van der Waals surface area contributed by atoms with Crippen molar-refractivity contribution in [2.45, 2.75) is 0 Å². The van der Waals surface area contributed by atoms with Crippen molar-refractivity contribution in [2.24, 2.45) is 4.99 Å². The number of H-pyrrole nitrogens is 1. The zero-order chi connectivity index (χ0) is 5.40. The molecule has 1 aromatic heterocycles. The van der Waals surface area contributed by atoms with Gasteiger partial charge in [-0.1, -0.05) is 0 Å². The van der Waals surface area contributed by atoms with Crippen molar-refractivity contribution < 1.29 is 0 Å². The van der Waals surface area contributed by atoms with Gasteiger partial charge >= 0.3 is 0 Å². The van der Waals surface area contributed by atoms with Gasteiger partial charge in [-0.05, 0) is 0 Å². The summed E-state index contributed by atoms with van der Waals surface area (Å²) < 4.78 is 0. The standard InChI is InChI=1S/C5H3N3/c1-2-6-5-4(1)7-3-8-5/h2-3,6H. The fourth-order valence-electron chi connectivity index (χ4n) is 0.651. The largest absolute Gasteiger partial charge is 0.344 e. The third kappa shape index (κ3) is 0.307. The quantitative estimate of drug-likeness (QED) is 0.505. The monoisotopic (exact) mass is 105 g/mol. The van der Waals surface area contributed by atoms with Crippen LogP contribution in [0, 0.1) is 6.07 Å². The Kier molecular flexibility index (Phi) is 0.521. The van der Waals surface area contributed by atoms with Crippen LogP contribution in [0.4, 0.5) is 11.5 Å². The Morgan fingerprint density at radius 2 is 2.62 bits per heavy atom. The molecule has 0 unspecified atom stereocenters. The molecule has 3 heteroatoms. The van der Waals surface area contributed by atoms with Crippen molar-refractivity contribution in [3.63, 3.8) is 0 Å². The number of aromatic nitrogens is 1. The van der Waals surface area contributed by atoms with Crippen LogP contribution >= 0.6 is 0 Å². The van der Waals surface area contributed by atoms with Gasteiger partial charge in [-0.15, -0.1) is 0 Å². The van der Waals surface area contributed by atoms with Gasteiger partial charge in [-0.2, -0.15) is 0 Å². The Bertz CT molecular complexity index is 223. The first kappa shape index (κ1) is 3.72. The highest BCUT2D eigenvalue weighted by atomic mass is 15.1. The minimum atomic E-state index is 0.810. The highest BCUT2D eigenvalue weighted by Gasteiger charge is 2.05. The molecule has 1 aliphatic rings. The molecule has 38 valence electrons. The molecule has 0 spiro atoms. The molecule has 3 nitrogen and oxygen atoms in total. The lowest BCUT2D eigenvalue weighted by Gasteiger charge is -1.79. The lowest BCUT2D eigenvalue weighted by molar-refractivity contribution is 1.23. The molecule has 8 heavy (non-hydrogen) atoms. The van der Waals surface area contributed by atoms with E-state index in [9.17, 15) is 0 Å². The molecule has 0 atom stereocenters. The Hall–Kier alpha value is -1.25. The Morgan fingerprint density at radius 3 is 3.50 bits per heavy atom. The minimum Gasteiger partial charge on any atom is -0.344 e. The maximum absolute atomic E-state index is 3.88. The van der Waals surface area contributed by atoms with Crippen LogP contribution in [0.2, 0.25) is 0 Å². The Balaban J connectivity index is 2.67. The fourth-order valence-corrected chi connectivity index (χ4v) is 0.651. The summed E-state index contributed by atoms with van der Waals surface area (Å²) in [6.45, 7) is 0. The smallest absolute Gasteiger partial charge is 0.158 e. The number of rotatable bonds is 0. The van der Waals surface area contributed by atoms with E-state index in [4.69, 9.17) is 0 Å². The number of fused-ring (bicyclic) bond motifs is 1. The van der Waals surface area contributed by atoms with Gasteiger partial charge in [0.2, 0.25) is 0 Å². The first-order valence-electron chi connectivity index (χ1n) is 2.29. The van der Waals surface area contributed by atoms with Crippen molar-refractivity contribution >= 4 is 17.8 Å². The summed E-state index contributed by atoms with van der Waals surface area (Å²) in [7, 11) is 0. The van der Waals surface area contributed by atoms with Crippen molar-refractivity contribution in [3.8, 4) is 0 Å². The van der Waals surface area contributed by atoms with Crippen LogP contribution < -0.4 is 5.32 Å². The van der Waals surface area contributed by atoms with Gasteiger partial charge in [0.1, 0.15) is 12.0 Å². The summed E-state index contributed by atoms with van der Waals surface area (Å²) in [5, 5.41) is 3.88. The number of aliphatic imine (C=N–C) groups is 1. The molecule has 0 fully saturated rings. The SMILES string of the molecule is [c]1c[nH]c2c1N=C[N]2. The fraction of sp³-hybridized carbons (Fsp3) is 0. The third-order valence-electron chi connectivity index (χ3n) is 1.02. The summed E-state index contributed by atoms with van der Waals surface area (Å²) in [6, 6.07) is 2.87. The van der Waals surface area contributed by atoms with Gasteiger partial charge in [0.05, 0.1) is 0 Å². The van der Waals surface area contributed by atoms with Crippen LogP contribution in [0.25, 0.3) is 0 Å². The second kappa shape index (κ2) is 1.12. The normalized spacial score (nSPS) is 13.5. The number of aromatic amines is 1. The van der Waals surface area contributed by atoms with E-state index in [1.165, 1.54) is 6.34 Å². The molecule has 2 radical (unpaired) electrons. The van der Waals surface area contributed by atoms with Gasteiger partial charge in [0.25, 0.3) is 0 Å². The Morgan fingerprint density at radius 1 is 1.62 bits per heavy atom. The van der Waals surface area contributed by atoms with E-state index in [0.717, 1.165) is 11.5 Å². The summed E-state index contributed by atoms with van der Waals surface area (Å²) in [5.41, 5.74) is 0.810. The lowest BCUT2D eigenvalue weighted by Crippen LogP contribution is -1.84. The van der Waals surface area contributed by atoms with Gasteiger partial charge in [0, 0.05) is 12.3 Å². The summed E-state index contributed by atoms with van der Waals surface area (Å²) in [6.07, 6.45) is 3.21. The maximum Gasteiger partial charge on any atom is 0.158 e. The summed E-state index contributed by atoms with van der Waals surface area (Å²) in [5.74, 6) is 0.810. The second-order valence-electron chi connectivity index (χ2n) is 1.50. The predicted octanol–water partition coefficient (Wildman–Crippen LogP) is 0.724. The highest BCUT2D eigenvalue weighted by Crippen LogP contribution is 2.24. The van der Waals surface area contributed by atoms with E-state index >= 15 is 0 Å². The predicted molar refractivity (Wildman–Crippen MR) is 29.6 cm³/mol. The van der Waals surface area contributed by atoms with Gasteiger partial charge < -0.3 is 4.98 Å². The van der Waals surface area contributed by atoms with Crippen molar-refractivity contribution in [2.75, 3.05) is 0 Å². The van der Waals surface area contributed by atoms with E-state index in [2.05, 4.69) is 21.4 Å². The molecule has 1 N–H and O–H groups in total. The molecule has 1 aliphatic heterocycles. The number of hydrogen-bond acceptors (Lipinski definition) is 1. The Labute approximate surface area is 46.4 Å². The number of nitrogens with one attached hydrogen (secondary N) is 1. The number of nitrogens with zero attached hydrogens (tertiary/aromatic N) is 2. The average Bonchev–Trinajstić information content (AvgIpc) is 2.15. The zero-order valence-corrected chi connectivity index (χ0v) is 4.05. The molecular formula is C5H3N3. The van der Waals surface area contributed by atoms with Gasteiger partial charge in [-0.3, -0.25) is 0 Å². The summed E-state index contributed by atoms with van der Waals surface area (Å²) >= 11 is 0. The van der Waals surface area contributed by atoms with E-state index in [-0.39, 0.29) is 0 Å². The molecule has 2 heterocycles. The molecule has 0 aliphatic carbocycles. The average molecular weight is 105 g/mol. The van der Waals surface area contributed by atoms with Crippen LogP contribution in [0.1, 0.15) is 0 Å². The molecule has 1 aromatic rings. The summed E-state index contributed by atoms with van der Waals surface area (Å²) in [4.78, 5) is 6.75. The van der Waals surface area contributed by atoms with Gasteiger partial charge in [0.15, 0.2) is 5.82 Å². The third-order valence-corrected chi connectivity index (χ3v) is 1.02. The second-order valence-corrected chi connectivity index (χ2v) is 1.50. The van der Waals surface area contributed by atoms with E-state index in [0.29, 0.717) is 0 Å². The topological polar surface area (TPSA) is 42.2 Å². The van der Waals surface area contributed by atoms with E-state index in [1.807, 2.05) is 0 Å². The minimum absolute atomic E-state index is 0.810. The zero-order valence-electron chi connectivity index (χ0n) is 4.05. The molecule has 2 rings (SSSR count). The molecule has 0 saturated carbocycles. The van der Waals surface area contributed by atoms with E-state index in [1.54, 1.807) is 6.20 Å². The molecule has 0 amide bonds. The first-order valence-corrected chi connectivity index (χ1v) is 2.29. The van der Waals surface area contributed by atoms with Gasteiger partial charge in [-0.25, -0.2) is 10.3 Å². The van der Waals surface area contributed by atoms with Crippen LogP contribution in [0.15, 0.2) is 11.2 Å². The van der Waals surface area contributed by atoms with E-state index < -0.39 is 0 Å². The van der Waals surface area contributed by atoms with Crippen molar-refractivity contribution in [1.29, 1.82) is 0 Å². The first-order chi connectivity index (χ1) is 3.97. The van der Waals surface area contributed by atoms with Crippen LogP contribution in [0.5, 0.6) is 0 Å². The van der Waals surface area contributed by atoms with Crippen molar-refractivity contribution in [1.82, 2.24) is 10.3 Å². The van der Waals surface area contributed by atoms with Crippen LogP contribution in [0.3, 0.4) is 0 Å². The lowest BCUT2D eigenvalue weighted by atomic mass is 10.5.